The normalized spacial score (nSPS) is 20.5. The van der Waals surface area contributed by atoms with Crippen molar-refractivity contribution in [2.45, 2.75) is 38.6 Å². The van der Waals surface area contributed by atoms with E-state index < -0.39 is 0 Å². The first-order chi connectivity index (χ1) is 11.5. The zero-order chi connectivity index (χ0) is 17.1. The molecule has 1 saturated carbocycles. The first-order valence-corrected chi connectivity index (χ1v) is 8.77. The number of rotatable bonds is 6. The number of hydrogen-bond donors (Lipinski definition) is 2. The van der Waals surface area contributed by atoms with E-state index in [1.165, 1.54) is 0 Å². The van der Waals surface area contributed by atoms with E-state index >= 15 is 0 Å². The lowest BCUT2D eigenvalue weighted by molar-refractivity contribution is -0.127. The Hall–Kier alpha value is -1.95. The minimum absolute atomic E-state index is 0.0141. The van der Waals surface area contributed by atoms with E-state index in [9.17, 15) is 9.59 Å². The summed E-state index contributed by atoms with van der Waals surface area (Å²) in [6.45, 7) is 3.76. The van der Waals surface area contributed by atoms with Crippen LogP contribution >= 0.6 is 0 Å². The van der Waals surface area contributed by atoms with Crippen molar-refractivity contribution in [3.05, 3.63) is 29.6 Å². The number of aromatic nitrogens is 1. The van der Waals surface area contributed by atoms with Crippen LogP contribution in [0.25, 0.3) is 0 Å². The van der Waals surface area contributed by atoms with E-state index in [4.69, 9.17) is 5.73 Å². The van der Waals surface area contributed by atoms with E-state index in [0.717, 1.165) is 50.2 Å². The Bertz CT molecular complexity index is 607. The Morgan fingerprint density at radius 2 is 2.00 bits per heavy atom. The molecule has 6 heteroatoms. The van der Waals surface area contributed by atoms with Crippen molar-refractivity contribution in [2.75, 3.05) is 19.6 Å². The third-order valence-electron chi connectivity index (χ3n) is 4.96. The molecule has 2 aliphatic rings. The van der Waals surface area contributed by atoms with Gasteiger partial charge in [0.25, 0.3) is 0 Å². The van der Waals surface area contributed by atoms with Gasteiger partial charge in [0, 0.05) is 11.6 Å². The molecule has 0 aromatic carbocycles. The van der Waals surface area contributed by atoms with E-state index in [1.54, 1.807) is 0 Å². The molecule has 0 bridgehead atoms. The lowest BCUT2D eigenvalue weighted by Gasteiger charge is -2.31. The van der Waals surface area contributed by atoms with Gasteiger partial charge in [-0.05, 0) is 63.7 Å². The molecule has 1 aromatic rings. The average molecular weight is 330 g/mol. The predicted octanol–water partition coefficient (Wildman–Crippen LogP) is 1.15. The van der Waals surface area contributed by atoms with Gasteiger partial charge in [-0.15, -0.1) is 0 Å². The van der Waals surface area contributed by atoms with Crippen LogP contribution in [0.2, 0.25) is 0 Å². The second-order valence-electron chi connectivity index (χ2n) is 7.04. The highest BCUT2D eigenvalue weighted by Gasteiger charge is 2.36. The van der Waals surface area contributed by atoms with Crippen LogP contribution in [0, 0.1) is 18.8 Å². The Morgan fingerprint density at radius 3 is 2.58 bits per heavy atom. The molecule has 3 N–H and O–H groups in total. The molecule has 1 saturated heterocycles. The number of pyridine rings is 1. The Balaban J connectivity index is 1.58. The van der Waals surface area contributed by atoms with Crippen LogP contribution in [0.3, 0.4) is 0 Å². The molecular formula is C18H26N4O2. The number of likely N-dealkylation sites (tertiary alicyclic amines) is 1. The minimum atomic E-state index is -0.308. The van der Waals surface area contributed by atoms with Crippen molar-refractivity contribution in [1.82, 2.24) is 15.2 Å². The summed E-state index contributed by atoms with van der Waals surface area (Å²) in [6, 6.07) is 6.01. The van der Waals surface area contributed by atoms with Crippen molar-refractivity contribution in [3.8, 4) is 0 Å². The zero-order valence-electron chi connectivity index (χ0n) is 14.2. The third kappa shape index (κ3) is 4.32. The van der Waals surface area contributed by atoms with Gasteiger partial charge in [-0.3, -0.25) is 19.5 Å². The number of nitrogens with two attached hydrogens (primary N) is 1. The fourth-order valence-corrected chi connectivity index (χ4v) is 3.44. The molecule has 1 unspecified atom stereocenters. The van der Waals surface area contributed by atoms with Crippen molar-refractivity contribution < 1.29 is 9.59 Å². The van der Waals surface area contributed by atoms with E-state index in [2.05, 4.69) is 10.3 Å². The standard InChI is InChI=1S/C18H26N4O2/c1-12-3-2-4-15(20-12)17(13-5-6-13)21-18(24)14-7-9-22(10-8-14)11-16(19)23/h2-4,13-14,17H,5-11H2,1H3,(H2,19,23)(H,21,24). The van der Waals surface area contributed by atoms with Gasteiger partial charge >= 0.3 is 0 Å². The van der Waals surface area contributed by atoms with E-state index in [0.29, 0.717) is 5.92 Å². The number of aryl methyl sites for hydroxylation is 1. The van der Waals surface area contributed by atoms with Crippen LogP contribution in [0.1, 0.15) is 43.1 Å². The van der Waals surface area contributed by atoms with Gasteiger partial charge in [0.05, 0.1) is 18.3 Å². The number of amides is 2. The molecule has 1 aromatic heterocycles. The van der Waals surface area contributed by atoms with Gasteiger partial charge in [0.2, 0.25) is 11.8 Å². The van der Waals surface area contributed by atoms with Gasteiger partial charge in [0.1, 0.15) is 0 Å². The maximum atomic E-state index is 12.7. The quantitative estimate of drug-likeness (QED) is 0.819. The number of primary amides is 1. The Morgan fingerprint density at radius 1 is 1.29 bits per heavy atom. The smallest absolute Gasteiger partial charge is 0.231 e. The van der Waals surface area contributed by atoms with Crippen LogP contribution in [-0.4, -0.2) is 41.3 Å². The first-order valence-electron chi connectivity index (χ1n) is 8.77. The van der Waals surface area contributed by atoms with Crippen LogP contribution in [0.15, 0.2) is 18.2 Å². The predicted molar refractivity (Wildman–Crippen MR) is 90.9 cm³/mol. The molecule has 2 fully saturated rings. The topological polar surface area (TPSA) is 88.3 Å². The number of piperidine rings is 1. The maximum Gasteiger partial charge on any atom is 0.231 e. The summed E-state index contributed by atoms with van der Waals surface area (Å²) >= 11 is 0. The summed E-state index contributed by atoms with van der Waals surface area (Å²) in [5.41, 5.74) is 7.18. The summed E-state index contributed by atoms with van der Waals surface area (Å²) in [7, 11) is 0. The lowest BCUT2D eigenvalue weighted by Crippen LogP contribution is -2.44. The van der Waals surface area contributed by atoms with Gasteiger partial charge in [-0.25, -0.2) is 0 Å². The Labute approximate surface area is 142 Å². The highest BCUT2D eigenvalue weighted by molar-refractivity contribution is 5.79. The van der Waals surface area contributed by atoms with Crippen LogP contribution < -0.4 is 11.1 Å². The number of hydrogen-bond acceptors (Lipinski definition) is 4. The molecule has 1 atom stereocenters. The average Bonchev–Trinajstić information content (AvgIpc) is 3.37. The second kappa shape index (κ2) is 7.30. The van der Waals surface area contributed by atoms with Crippen LogP contribution in [0.5, 0.6) is 0 Å². The van der Waals surface area contributed by atoms with Gasteiger partial charge in [0.15, 0.2) is 0 Å². The highest BCUT2D eigenvalue weighted by atomic mass is 16.2. The number of nitrogens with zero attached hydrogens (tertiary/aromatic N) is 2. The van der Waals surface area contributed by atoms with Gasteiger partial charge in [-0.1, -0.05) is 6.07 Å². The number of carbonyl (C=O) groups excluding carboxylic acids is 2. The second-order valence-corrected chi connectivity index (χ2v) is 7.04. The molecule has 0 spiro atoms. The molecular weight excluding hydrogens is 304 g/mol. The third-order valence-corrected chi connectivity index (χ3v) is 4.96. The molecule has 0 radical (unpaired) electrons. The summed E-state index contributed by atoms with van der Waals surface area (Å²) in [4.78, 5) is 30.3. The van der Waals surface area contributed by atoms with Crippen LogP contribution in [0.4, 0.5) is 0 Å². The number of carbonyl (C=O) groups is 2. The summed E-state index contributed by atoms with van der Waals surface area (Å²) in [6.07, 6.45) is 3.85. The summed E-state index contributed by atoms with van der Waals surface area (Å²) < 4.78 is 0. The summed E-state index contributed by atoms with van der Waals surface area (Å²) in [5.74, 6) is 0.338. The van der Waals surface area contributed by atoms with Crippen molar-refractivity contribution in [3.63, 3.8) is 0 Å². The lowest BCUT2D eigenvalue weighted by atomic mass is 9.95. The SMILES string of the molecule is Cc1cccc(C(NC(=O)C2CCN(CC(N)=O)CC2)C2CC2)n1. The fraction of sp³-hybridized carbons (Fsp3) is 0.611. The fourth-order valence-electron chi connectivity index (χ4n) is 3.44. The van der Waals surface area contributed by atoms with Gasteiger partial charge in [-0.2, -0.15) is 0 Å². The van der Waals surface area contributed by atoms with Gasteiger partial charge < -0.3 is 11.1 Å². The van der Waals surface area contributed by atoms with Crippen molar-refractivity contribution >= 4 is 11.8 Å². The monoisotopic (exact) mass is 330 g/mol. The van der Waals surface area contributed by atoms with E-state index in [1.807, 2.05) is 30.0 Å². The van der Waals surface area contributed by atoms with Crippen molar-refractivity contribution in [2.24, 2.45) is 17.6 Å². The number of nitrogens with one attached hydrogen (secondary N) is 1. The molecule has 3 rings (SSSR count). The summed E-state index contributed by atoms with van der Waals surface area (Å²) in [5, 5.41) is 3.24. The molecule has 6 nitrogen and oxygen atoms in total. The largest absolute Gasteiger partial charge is 0.369 e. The highest BCUT2D eigenvalue weighted by Crippen LogP contribution is 2.40. The molecule has 2 amide bonds. The van der Waals surface area contributed by atoms with Crippen LogP contribution in [-0.2, 0) is 9.59 Å². The first kappa shape index (κ1) is 16.9. The van der Waals surface area contributed by atoms with E-state index in [-0.39, 0.29) is 30.3 Å². The molecule has 1 aliphatic carbocycles. The maximum absolute atomic E-state index is 12.7. The Kier molecular flexibility index (Phi) is 5.14. The molecule has 24 heavy (non-hydrogen) atoms. The van der Waals surface area contributed by atoms with Crippen molar-refractivity contribution in [1.29, 1.82) is 0 Å². The molecule has 1 aliphatic heterocycles. The minimum Gasteiger partial charge on any atom is -0.369 e. The zero-order valence-corrected chi connectivity index (χ0v) is 14.2. The molecule has 2 heterocycles. The molecule has 130 valence electrons.